The summed E-state index contributed by atoms with van der Waals surface area (Å²) in [4.78, 5) is 12.9. The molecule has 0 aliphatic heterocycles. The minimum Gasteiger partial charge on any atom is -0.456 e. The van der Waals surface area contributed by atoms with E-state index >= 15 is 0 Å². The fraction of sp³-hybridized carbons (Fsp3) is 0.444. The molecule has 0 aromatic carbocycles. The SMILES string of the molecule is Cc1oc(C(=O)N(C)C)cc1CN. The number of nitrogens with two attached hydrogens (primary N) is 1. The van der Waals surface area contributed by atoms with E-state index in [1.54, 1.807) is 27.1 Å². The first kappa shape index (κ1) is 9.80. The number of carbonyl (C=O) groups excluding carboxylic acids is 1. The summed E-state index contributed by atoms with van der Waals surface area (Å²) in [5, 5.41) is 0. The number of furan rings is 1. The third kappa shape index (κ3) is 1.89. The van der Waals surface area contributed by atoms with Crippen LogP contribution in [0.15, 0.2) is 10.5 Å². The zero-order valence-corrected chi connectivity index (χ0v) is 8.13. The predicted octanol–water partition coefficient (Wildman–Crippen LogP) is 0.749. The quantitative estimate of drug-likeness (QED) is 0.734. The van der Waals surface area contributed by atoms with Gasteiger partial charge < -0.3 is 15.1 Å². The van der Waals surface area contributed by atoms with Crippen LogP contribution in [0.4, 0.5) is 0 Å². The molecule has 0 fully saturated rings. The molecule has 4 nitrogen and oxygen atoms in total. The van der Waals surface area contributed by atoms with Gasteiger partial charge in [-0.3, -0.25) is 4.79 Å². The summed E-state index contributed by atoms with van der Waals surface area (Å²) in [6, 6.07) is 1.69. The molecular formula is C9H14N2O2. The molecule has 1 rings (SSSR count). The van der Waals surface area contributed by atoms with Gasteiger partial charge in [-0.25, -0.2) is 0 Å². The summed E-state index contributed by atoms with van der Waals surface area (Å²) in [5.74, 6) is 0.929. The van der Waals surface area contributed by atoms with Crippen molar-refractivity contribution in [3.63, 3.8) is 0 Å². The summed E-state index contributed by atoms with van der Waals surface area (Å²) in [6.45, 7) is 2.20. The van der Waals surface area contributed by atoms with Gasteiger partial charge in [0.05, 0.1) is 0 Å². The van der Waals surface area contributed by atoms with E-state index in [-0.39, 0.29) is 5.91 Å². The molecule has 1 amide bonds. The molecule has 0 radical (unpaired) electrons. The molecule has 0 atom stereocenters. The Morgan fingerprint density at radius 1 is 1.62 bits per heavy atom. The van der Waals surface area contributed by atoms with Crippen molar-refractivity contribution in [2.24, 2.45) is 5.73 Å². The number of amides is 1. The van der Waals surface area contributed by atoms with E-state index in [4.69, 9.17) is 10.2 Å². The van der Waals surface area contributed by atoms with E-state index < -0.39 is 0 Å². The Labute approximate surface area is 77.3 Å². The van der Waals surface area contributed by atoms with Crippen molar-refractivity contribution >= 4 is 5.91 Å². The second-order valence-corrected chi connectivity index (χ2v) is 3.10. The monoisotopic (exact) mass is 182 g/mol. The molecule has 72 valence electrons. The van der Waals surface area contributed by atoms with Crippen molar-refractivity contribution in [3.8, 4) is 0 Å². The molecule has 1 heterocycles. The van der Waals surface area contributed by atoms with Crippen LogP contribution in [0.3, 0.4) is 0 Å². The van der Waals surface area contributed by atoms with Gasteiger partial charge >= 0.3 is 0 Å². The van der Waals surface area contributed by atoms with Crippen LogP contribution in [0, 0.1) is 6.92 Å². The lowest BCUT2D eigenvalue weighted by Crippen LogP contribution is -2.20. The van der Waals surface area contributed by atoms with Gasteiger partial charge in [-0.2, -0.15) is 0 Å². The Morgan fingerprint density at radius 2 is 2.23 bits per heavy atom. The van der Waals surface area contributed by atoms with Gasteiger partial charge in [-0.05, 0) is 13.0 Å². The predicted molar refractivity (Wildman–Crippen MR) is 49.4 cm³/mol. The molecule has 1 aromatic rings. The van der Waals surface area contributed by atoms with Crippen LogP contribution in [-0.4, -0.2) is 24.9 Å². The van der Waals surface area contributed by atoms with Crippen LogP contribution in [0.25, 0.3) is 0 Å². The molecule has 0 spiro atoms. The summed E-state index contributed by atoms with van der Waals surface area (Å²) in [5.41, 5.74) is 6.34. The highest BCUT2D eigenvalue weighted by atomic mass is 16.4. The van der Waals surface area contributed by atoms with Crippen molar-refractivity contribution < 1.29 is 9.21 Å². The molecule has 0 unspecified atom stereocenters. The summed E-state index contributed by atoms with van der Waals surface area (Å²) >= 11 is 0. The third-order valence-corrected chi connectivity index (χ3v) is 1.86. The Balaban J connectivity index is 2.97. The molecule has 0 aliphatic rings. The molecule has 2 N–H and O–H groups in total. The van der Waals surface area contributed by atoms with Gasteiger partial charge in [0, 0.05) is 26.2 Å². The average Bonchev–Trinajstić information content (AvgIpc) is 2.45. The average molecular weight is 182 g/mol. The first-order valence-electron chi connectivity index (χ1n) is 4.07. The van der Waals surface area contributed by atoms with Crippen LogP contribution in [0.1, 0.15) is 21.9 Å². The summed E-state index contributed by atoms with van der Waals surface area (Å²) in [7, 11) is 3.37. The fourth-order valence-corrected chi connectivity index (χ4v) is 1.05. The minimum absolute atomic E-state index is 0.136. The van der Waals surface area contributed by atoms with Crippen LogP contribution in [0.2, 0.25) is 0 Å². The van der Waals surface area contributed by atoms with Crippen LogP contribution < -0.4 is 5.73 Å². The minimum atomic E-state index is -0.136. The Hall–Kier alpha value is -1.29. The zero-order chi connectivity index (χ0) is 10.0. The van der Waals surface area contributed by atoms with Crippen molar-refractivity contribution in [1.29, 1.82) is 0 Å². The Bertz CT molecular complexity index is 315. The highest BCUT2D eigenvalue weighted by Crippen LogP contribution is 2.14. The van der Waals surface area contributed by atoms with Gasteiger partial charge in [-0.15, -0.1) is 0 Å². The third-order valence-electron chi connectivity index (χ3n) is 1.86. The number of nitrogens with zero attached hydrogens (tertiary/aromatic N) is 1. The fourth-order valence-electron chi connectivity index (χ4n) is 1.05. The Morgan fingerprint density at radius 3 is 2.62 bits per heavy atom. The van der Waals surface area contributed by atoms with Gasteiger partial charge in [-0.1, -0.05) is 0 Å². The number of hydrogen-bond acceptors (Lipinski definition) is 3. The van der Waals surface area contributed by atoms with Crippen molar-refractivity contribution in [2.45, 2.75) is 13.5 Å². The lowest BCUT2D eigenvalue weighted by atomic mass is 10.2. The standard InChI is InChI=1S/C9H14N2O2/c1-6-7(5-10)4-8(13-6)9(12)11(2)3/h4H,5,10H2,1-3H3. The van der Waals surface area contributed by atoms with Crippen LogP contribution in [-0.2, 0) is 6.54 Å². The van der Waals surface area contributed by atoms with Gasteiger partial charge in [0.1, 0.15) is 5.76 Å². The van der Waals surface area contributed by atoms with Crippen LogP contribution in [0.5, 0.6) is 0 Å². The molecule has 0 aliphatic carbocycles. The maximum Gasteiger partial charge on any atom is 0.289 e. The second-order valence-electron chi connectivity index (χ2n) is 3.10. The summed E-state index contributed by atoms with van der Waals surface area (Å²) < 4.78 is 5.26. The van der Waals surface area contributed by atoms with E-state index in [0.29, 0.717) is 18.1 Å². The topological polar surface area (TPSA) is 59.5 Å². The van der Waals surface area contributed by atoms with Gasteiger partial charge in [0.15, 0.2) is 5.76 Å². The second kappa shape index (κ2) is 3.62. The molecular weight excluding hydrogens is 168 g/mol. The normalized spacial score (nSPS) is 10.2. The molecule has 1 aromatic heterocycles. The largest absolute Gasteiger partial charge is 0.456 e. The van der Waals surface area contributed by atoms with Crippen molar-refractivity contribution in [1.82, 2.24) is 4.90 Å². The zero-order valence-electron chi connectivity index (χ0n) is 8.13. The lowest BCUT2D eigenvalue weighted by Gasteiger charge is -2.06. The van der Waals surface area contributed by atoms with E-state index in [1.807, 2.05) is 0 Å². The highest BCUT2D eigenvalue weighted by molar-refractivity contribution is 5.91. The maximum atomic E-state index is 11.4. The molecule has 0 bridgehead atoms. The van der Waals surface area contributed by atoms with Gasteiger partial charge in [0.2, 0.25) is 0 Å². The van der Waals surface area contributed by atoms with Crippen molar-refractivity contribution in [2.75, 3.05) is 14.1 Å². The summed E-state index contributed by atoms with van der Waals surface area (Å²) in [6.07, 6.45) is 0. The van der Waals surface area contributed by atoms with E-state index in [9.17, 15) is 4.79 Å². The highest BCUT2D eigenvalue weighted by Gasteiger charge is 2.14. The molecule has 0 saturated carbocycles. The molecule has 4 heteroatoms. The number of hydrogen-bond donors (Lipinski definition) is 1. The smallest absolute Gasteiger partial charge is 0.289 e. The maximum absolute atomic E-state index is 11.4. The van der Waals surface area contributed by atoms with E-state index in [0.717, 1.165) is 5.56 Å². The molecule has 0 saturated heterocycles. The van der Waals surface area contributed by atoms with Gasteiger partial charge in [0.25, 0.3) is 5.91 Å². The first-order valence-corrected chi connectivity index (χ1v) is 4.07. The Kier molecular flexibility index (Phi) is 2.72. The molecule has 13 heavy (non-hydrogen) atoms. The lowest BCUT2D eigenvalue weighted by molar-refractivity contribution is 0.0795. The number of rotatable bonds is 2. The van der Waals surface area contributed by atoms with E-state index in [2.05, 4.69) is 0 Å². The van der Waals surface area contributed by atoms with Crippen LogP contribution >= 0.6 is 0 Å². The first-order chi connectivity index (χ1) is 6.06. The number of aryl methyl sites for hydroxylation is 1. The number of carbonyl (C=O) groups is 1. The van der Waals surface area contributed by atoms with E-state index in [1.165, 1.54) is 4.90 Å². The van der Waals surface area contributed by atoms with Crippen molar-refractivity contribution in [3.05, 3.63) is 23.2 Å².